The van der Waals surface area contributed by atoms with E-state index in [2.05, 4.69) is 12.2 Å². The molecule has 0 heterocycles. The molecule has 0 unspecified atom stereocenters. The normalized spacial score (nSPS) is 17.1. The van der Waals surface area contributed by atoms with Crippen LogP contribution >= 0.6 is 0 Å². The van der Waals surface area contributed by atoms with Gasteiger partial charge < -0.3 is 0 Å². The summed E-state index contributed by atoms with van der Waals surface area (Å²) in [5, 5.41) is 4.63. The van der Waals surface area contributed by atoms with Crippen molar-refractivity contribution in [1.29, 1.82) is 0 Å². The van der Waals surface area contributed by atoms with Crippen LogP contribution in [0.4, 0.5) is 0 Å². The Morgan fingerprint density at radius 1 is 0.875 bits per heavy atom. The van der Waals surface area contributed by atoms with E-state index in [1.807, 2.05) is 0 Å². The van der Waals surface area contributed by atoms with Crippen LogP contribution in [0, 0.1) is 5.92 Å². The molecule has 0 spiro atoms. The molecule has 0 bridgehead atoms. The number of nitrogens with zero attached hydrogens (tertiary/aromatic N) is 1. The molecule has 0 aromatic rings. The molecule has 0 aromatic carbocycles. The Morgan fingerprint density at radius 3 is 2.31 bits per heavy atom. The summed E-state index contributed by atoms with van der Waals surface area (Å²) in [6.45, 7) is 4.52. The highest BCUT2D eigenvalue weighted by Crippen LogP contribution is 2.28. The van der Waals surface area contributed by atoms with Gasteiger partial charge in [-0.2, -0.15) is 0 Å². The summed E-state index contributed by atoms with van der Waals surface area (Å²) in [4.78, 5) is 0. The molecule has 1 nitrogen and oxygen atoms in total. The van der Waals surface area contributed by atoms with E-state index in [4.69, 9.17) is 0 Å². The van der Waals surface area contributed by atoms with Crippen molar-refractivity contribution in [3.63, 3.8) is 0 Å². The van der Waals surface area contributed by atoms with Gasteiger partial charge in [-0.1, -0.05) is 58.3 Å². The zero-order chi connectivity index (χ0) is 11.5. The smallest absolute Gasteiger partial charge is 0.0133 e. The van der Waals surface area contributed by atoms with Crippen molar-refractivity contribution < 1.29 is 0 Å². The van der Waals surface area contributed by atoms with E-state index in [0.29, 0.717) is 0 Å². The summed E-state index contributed by atoms with van der Waals surface area (Å²) < 4.78 is 0. The van der Waals surface area contributed by atoms with Gasteiger partial charge in [0.1, 0.15) is 0 Å². The minimum Gasteiger partial charge on any atom is -0.242 e. The Labute approximate surface area is 102 Å². The molecule has 0 N–H and O–H groups in total. The van der Waals surface area contributed by atoms with Crippen molar-refractivity contribution >= 4 is 0 Å². The Hall–Kier alpha value is -0.0400. The van der Waals surface area contributed by atoms with Crippen LogP contribution in [0.2, 0.25) is 0 Å². The highest BCUT2D eigenvalue weighted by molar-refractivity contribution is 4.67. The van der Waals surface area contributed by atoms with E-state index in [1.54, 1.807) is 0 Å². The van der Waals surface area contributed by atoms with Crippen molar-refractivity contribution in [2.24, 2.45) is 5.92 Å². The second kappa shape index (κ2) is 10.1. The largest absolute Gasteiger partial charge is 0.242 e. The van der Waals surface area contributed by atoms with Gasteiger partial charge in [-0.05, 0) is 25.2 Å². The number of rotatable bonds is 10. The molecule has 0 amide bonds. The third kappa shape index (κ3) is 7.27. The highest BCUT2D eigenvalue weighted by Gasteiger charge is 2.13. The Bertz CT molecular complexity index is 138. The minimum absolute atomic E-state index is 1.06. The molecule has 1 aliphatic rings. The van der Waals surface area contributed by atoms with Gasteiger partial charge in [-0.25, -0.2) is 5.32 Å². The Kier molecular flexibility index (Phi) is 8.88. The molecule has 95 valence electrons. The van der Waals surface area contributed by atoms with E-state index in [-0.39, 0.29) is 0 Å². The van der Waals surface area contributed by atoms with E-state index < -0.39 is 0 Å². The predicted octanol–water partition coefficient (Wildman–Crippen LogP) is 4.53. The van der Waals surface area contributed by atoms with Crippen LogP contribution in [0.5, 0.6) is 0 Å². The standard InChI is InChI=1S/C15H30N/c1-2-3-4-5-8-13-16-14-9-12-15-10-6-7-11-15/h15H,2-14H2,1H3. The van der Waals surface area contributed by atoms with Crippen molar-refractivity contribution in [3.8, 4) is 0 Å². The monoisotopic (exact) mass is 224 g/mol. The predicted molar refractivity (Wildman–Crippen MR) is 71.8 cm³/mol. The van der Waals surface area contributed by atoms with Gasteiger partial charge in [0, 0.05) is 13.1 Å². The SMILES string of the molecule is CCCCCCC[N]CCCC1CCCC1. The lowest BCUT2D eigenvalue weighted by atomic mass is 10.0. The second-order valence-corrected chi connectivity index (χ2v) is 5.38. The molecule has 1 aliphatic carbocycles. The fraction of sp³-hybridized carbons (Fsp3) is 1.00. The third-order valence-electron chi connectivity index (χ3n) is 3.82. The van der Waals surface area contributed by atoms with E-state index in [9.17, 15) is 0 Å². The quantitative estimate of drug-likeness (QED) is 0.484. The van der Waals surface area contributed by atoms with E-state index >= 15 is 0 Å². The van der Waals surface area contributed by atoms with Gasteiger partial charge in [0.15, 0.2) is 0 Å². The first-order valence-electron chi connectivity index (χ1n) is 7.56. The van der Waals surface area contributed by atoms with E-state index in [0.717, 1.165) is 19.0 Å². The second-order valence-electron chi connectivity index (χ2n) is 5.38. The van der Waals surface area contributed by atoms with Crippen molar-refractivity contribution in [2.75, 3.05) is 13.1 Å². The number of hydrogen-bond acceptors (Lipinski definition) is 0. The highest BCUT2D eigenvalue weighted by atomic mass is 14.8. The zero-order valence-corrected chi connectivity index (χ0v) is 11.2. The van der Waals surface area contributed by atoms with E-state index in [1.165, 1.54) is 70.6 Å². The average Bonchev–Trinajstić information content (AvgIpc) is 2.80. The summed E-state index contributed by atoms with van der Waals surface area (Å²) in [5.74, 6) is 1.06. The fourth-order valence-electron chi connectivity index (χ4n) is 2.73. The van der Waals surface area contributed by atoms with Gasteiger partial charge in [0.2, 0.25) is 0 Å². The van der Waals surface area contributed by atoms with Crippen LogP contribution in [-0.2, 0) is 0 Å². The lowest BCUT2D eigenvalue weighted by Crippen LogP contribution is -2.09. The summed E-state index contributed by atoms with van der Waals surface area (Å²) >= 11 is 0. The molecule has 1 radical (unpaired) electrons. The Morgan fingerprint density at radius 2 is 1.56 bits per heavy atom. The minimum atomic E-state index is 1.06. The first-order valence-corrected chi connectivity index (χ1v) is 7.56. The first kappa shape index (κ1) is 14.0. The molecular weight excluding hydrogens is 194 g/mol. The topological polar surface area (TPSA) is 14.1 Å². The lowest BCUT2D eigenvalue weighted by molar-refractivity contribution is 0.464. The molecule has 1 rings (SSSR count). The number of unbranched alkanes of at least 4 members (excludes halogenated alkanes) is 4. The van der Waals surface area contributed by atoms with Crippen molar-refractivity contribution in [3.05, 3.63) is 0 Å². The van der Waals surface area contributed by atoms with Crippen molar-refractivity contribution in [1.82, 2.24) is 5.32 Å². The van der Waals surface area contributed by atoms with Crippen LogP contribution in [0.1, 0.15) is 77.6 Å². The molecule has 1 heteroatoms. The molecule has 16 heavy (non-hydrogen) atoms. The van der Waals surface area contributed by atoms with Crippen LogP contribution < -0.4 is 5.32 Å². The number of hydrogen-bond donors (Lipinski definition) is 0. The molecule has 1 fully saturated rings. The van der Waals surface area contributed by atoms with Crippen LogP contribution in [0.15, 0.2) is 0 Å². The maximum atomic E-state index is 4.63. The van der Waals surface area contributed by atoms with Gasteiger partial charge in [-0.15, -0.1) is 0 Å². The van der Waals surface area contributed by atoms with Gasteiger partial charge in [0.05, 0.1) is 0 Å². The molecule has 0 aromatic heterocycles. The van der Waals surface area contributed by atoms with Crippen molar-refractivity contribution in [2.45, 2.75) is 77.6 Å². The zero-order valence-electron chi connectivity index (χ0n) is 11.2. The van der Waals surface area contributed by atoms with Gasteiger partial charge in [0.25, 0.3) is 0 Å². The maximum Gasteiger partial charge on any atom is 0.0133 e. The molecule has 1 saturated carbocycles. The van der Waals surface area contributed by atoms with Crippen LogP contribution in [0.25, 0.3) is 0 Å². The summed E-state index contributed by atoms with van der Waals surface area (Å²) in [6, 6.07) is 0. The summed E-state index contributed by atoms with van der Waals surface area (Å²) in [7, 11) is 0. The van der Waals surface area contributed by atoms with Crippen LogP contribution in [0.3, 0.4) is 0 Å². The third-order valence-corrected chi connectivity index (χ3v) is 3.82. The maximum absolute atomic E-state index is 4.63. The molecule has 0 aliphatic heterocycles. The van der Waals surface area contributed by atoms with Gasteiger partial charge in [-0.3, -0.25) is 0 Å². The average molecular weight is 224 g/mol. The molecular formula is C15H30N. The Balaban J connectivity index is 1.71. The molecule has 0 saturated heterocycles. The summed E-state index contributed by atoms with van der Waals surface area (Å²) in [6.07, 6.45) is 15.6. The lowest BCUT2D eigenvalue weighted by Gasteiger charge is -2.08. The fourth-order valence-corrected chi connectivity index (χ4v) is 2.73. The van der Waals surface area contributed by atoms with Crippen LogP contribution in [-0.4, -0.2) is 13.1 Å². The first-order chi connectivity index (χ1) is 7.93. The van der Waals surface area contributed by atoms with Gasteiger partial charge >= 0.3 is 0 Å². The molecule has 0 atom stereocenters. The summed E-state index contributed by atoms with van der Waals surface area (Å²) in [5.41, 5.74) is 0.